The van der Waals surface area contributed by atoms with Crippen LogP contribution in [0.4, 0.5) is 8.78 Å². The van der Waals surface area contributed by atoms with Gasteiger partial charge in [-0.3, -0.25) is 0 Å². The van der Waals surface area contributed by atoms with Gasteiger partial charge in [-0.05, 0) is 18.8 Å². The Kier molecular flexibility index (Phi) is 3.23. The molecule has 0 aromatic rings. The Morgan fingerprint density at radius 1 is 1.46 bits per heavy atom. The molecule has 1 aliphatic heterocycles. The van der Waals surface area contributed by atoms with Gasteiger partial charge in [-0.25, -0.2) is 8.42 Å². The second-order valence-electron chi connectivity index (χ2n) is 3.41. The van der Waals surface area contributed by atoms with Crippen LogP contribution in [0.3, 0.4) is 0 Å². The van der Waals surface area contributed by atoms with E-state index in [-0.39, 0.29) is 19.0 Å². The third-order valence-electron chi connectivity index (χ3n) is 2.20. The standard InChI is InChI=1S/C7H13F2NO2S/c1-6-3-2-4-10(5-6)13(11,12)7(8)9/h6-7H,2-5H2,1H3/t6-/m1/s1. The number of piperidine rings is 1. The highest BCUT2D eigenvalue weighted by molar-refractivity contribution is 7.89. The van der Waals surface area contributed by atoms with Crippen molar-refractivity contribution in [2.75, 3.05) is 13.1 Å². The van der Waals surface area contributed by atoms with Crippen LogP contribution in [0.25, 0.3) is 0 Å². The molecule has 1 saturated heterocycles. The van der Waals surface area contributed by atoms with Crippen LogP contribution in [0, 0.1) is 5.92 Å². The van der Waals surface area contributed by atoms with Crippen LogP contribution < -0.4 is 0 Å². The van der Waals surface area contributed by atoms with E-state index in [1.165, 1.54) is 0 Å². The topological polar surface area (TPSA) is 37.4 Å². The number of rotatable bonds is 2. The molecule has 0 radical (unpaired) electrons. The molecular weight excluding hydrogens is 200 g/mol. The molecule has 0 aromatic carbocycles. The van der Waals surface area contributed by atoms with Gasteiger partial charge in [-0.15, -0.1) is 0 Å². The van der Waals surface area contributed by atoms with Gasteiger partial charge < -0.3 is 0 Å². The van der Waals surface area contributed by atoms with Crippen molar-refractivity contribution < 1.29 is 17.2 Å². The molecule has 0 unspecified atom stereocenters. The zero-order valence-electron chi connectivity index (χ0n) is 7.41. The Labute approximate surface area is 76.8 Å². The second kappa shape index (κ2) is 3.88. The molecule has 0 aromatic heterocycles. The Hall–Kier alpha value is -0.230. The maximum atomic E-state index is 12.1. The molecule has 0 bridgehead atoms. The fourth-order valence-corrected chi connectivity index (χ4v) is 2.56. The minimum atomic E-state index is -4.33. The first kappa shape index (κ1) is 10.8. The monoisotopic (exact) mass is 213 g/mol. The first-order chi connectivity index (χ1) is 5.94. The van der Waals surface area contributed by atoms with E-state index in [1.807, 2.05) is 6.92 Å². The second-order valence-corrected chi connectivity index (χ2v) is 5.31. The van der Waals surface area contributed by atoms with Crippen molar-refractivity contribution in [3.63, 3.8) is 0 Å². The molecule has 13 heavy (non-hydrogen) atoms. The number of alkyl halides is 2. The highest BCUT2D eigenvalue weighted by atomic mass is 32.2. The van der Waals surface area contributed by atoms with Crippen LogP contribution >= 0.6 is 0 Å². The predicted molar refractivity (Wildman–Crippen MR) is 44.9 cm³/mol. The van der Waals surface area contributed by atoms with Crippen molar-refractivity contribution in [3.05, 3.63) is 0 Å². The molecule has 1 fully saturated rings. The van der Waals surface area contributed by atoms with Gasteiger partial charge in [0.15, 0.2) is 0 Å². The van der Waals surface area contributed by atoms with E-state index >= 15 is 0 Å². The fraction of sp³-hybridized carbons (Fsp3) is 1.00. The van der Waals surface area contributed by atoms with Crippen LogP contribution in [-0.4, -0.2) is 31.6 Å². The molecule has 78 valence electrons. The van der Waals surface area contributed by atoms with Gasteiger partial charge in [0, 0.05) is 13.1 Å². The molecule has 6 heteroatoms. The van der Waals surface area contributed by atoms with Crippen molar-refractivity contribution in [3.8, 4) is 0 Å². The summed E-state index contributed by atoms with van der Waals surface area (Å²) in [6.45, 7) is 2.33. The maximum absolute atomic E-state index is 12.1. The molecule has 0 N–H and O–H groups in total. The lowest BCUT2D eigenvalue weighted by atomic mass is 10.0. The van der Waals surface area contributed by atoms with Crippen LogP contribution in [0.5, 0.6) is 0 Å². The average molecular weight is 213 g/mol. The molecule has 0 spiro atoms. The van der Waals surface area contributed by atoms with Gasteiger partial charge in [-0.1, -0.05) is 6.92 Å². The Bertz CT molecular complexity index is 266. The van der Waals surface area contributed by atoms with Crippen LogP contribution in [0.1, 0.15) is 19.8 Å². The Balaban J connectivity index is 2.71. The van der Waals surface area contributed by atoms with E-state index in [2.05, 4.69) is 0 Å². The summed E-state index contributed by atoms with van der Waals surface area (Å²) in [5, 5.41) is 0. The van der Waals surface area contributed by atoms with Crippen LogP contribution in [0.2, 0.25) is 0 Å². The number of hydrogen-bond acceptors (Lipinski definition) is 2. The Morgan fingerprint density at radius 2 is 2.08 bits per heavy atom. The van der Waals surface area contributed by atoms with E-state index in [1.54, 1.807) is 0 Å². The molecule has 0 aliphatic carbocycles. The summed E-state index contributed by atoms with van der Waals surface area (Å²) < 4.78 is 47.1. The number of sulfonamides is 1. The summed E-state index contributed by atoms with van der Waals surface area (Å²) in [5.74, 6) is -3.10. The Morgan fingerprint density at radius 3 is 2.54 bits per heavy atom. The number of hydrogen-bond donors (Lipinski definition) is 0. The van der Waals surface area contributed by atoms with Gasteiger partial charge in [0.05, 0.1) is 0 Å². The minimum Gasteiger partial charge on any atom is -0.206 e. The molecule has 1 heterocycles. The van der Waals surface area contributed by atoms with E-state index in [0.29, 0.717) is 6.42 Å². The summed E-state index contributed by atoms with van der Waals surface area (Å²) in [6.07, 6.45) is 1.59. The zero-order chi connectivity index (χ0) is 10.1. The molecule has 0 amide bonds. The summed E-state index contributed by atoms with van der Waals surface area (Å²) in [4.78, 5) is 0. The van der Waals surface area contributed by atoms with Crippen molar-refractivity contribution in [2.24, 2.45) is 5.92 Å². The largest absolute Gasteiger partial charge is 0.350 e. The summed E-state index contributed by atoms with van der Waals surface area (Å²) in [5.41, 5.74) is 0. The van der Waals surface area contributed by atoms with E-state index in [9.17, 15) is 17.2 Å². The molecule has 1 rings (SSSR count). The van der Waals surface area contributed by atoms with E-state index < -0.39 is 15.8 Å². The van der Waals surface area contributed by atoms with E-state index in [4.69, 9.17) is 0 Å². The fourth-order valence-electron chi connectivity index (χ4n) is 1.49. The smallest absolute Gasteiger partial charge is 0.206 e. The number of nitrogens with zero attached hydrogens (tertiary/aromatic N) is 1. The quantitative estimate of drug-likeness (QED) is 0.692. The molecule has 0 saturated carbocycles. The summed E-state index contributed by atoms with van der Waals surface area (Å²) >= 11 is 0. The minimum absolute atomic E-state index is 0.183. The van der Waals surface area contributed by atoms with Crippen molar-refractivity contribution in [1.82, 2.24) is 4.31 Å². The lowest BCUT2D eigenvalue weighted by molar-refractivity contribution is 0.204. The van der Waals surface area contributed by atoms with Gasteiger partial charge in [0.1, 0.15) is 0 Å². The zero-order valence-corrected chi connectivity index (χ0v) is 8.23. The third kappa shape index (κ3) is 2.37. The SMILES string of the molecule is C[C@@H]1CCCN(S(=O)(=O)C(F)F)C1. The molecule has 1 aliphatic rings. The normalized spacial score (nSPS) is 26.6. The van der Waals surface area contributed by atoms with E-state index in [0.717, 1.165) is 10.7 Å². The highest BCUT2D eigenvalue weighted by Gasteiger charge is 2.34. The summed E-state index contributed by atoms with van der Waals surface area (Å²) in [7, 11) is -4.33. The molecule has 1 atom stereocenters. The lowest BCUT2D eigenvalue weighted by Crippen LogP contribution is -2.41. The van der Waals surface area contributed by atoms with Crippen LogP contribution in [0.15, 0.2) is 0 Å². The van der Waals surface area contributed by atoms with Crippen molar-refractivity contribution in [2.45, 2.75) is 25.5 Å². The van der Waals surface area contributed by atoms with Crippen molar-refractivity contribution in [1.29, 1.82) is 0 Å². The summed E-state index contributed by atoms with van der Waals surface area (Å²) in [6, 6.07) is 0. The first-order valence-corrected chi connectivity index (χ1v) is 5.72. The highest BCUT2D eigenvalue weighted by Crippen LogP contribution is 2.21. The predicted octanol–water partition coefficient (Wildman–Crippen LogP) is 1.27. The van der Waals surface area contributed by atoms with Gasteiger partial charge in [0.25, 0.3) is 10.0 Å². The van der Waals surface area contributed by atoms with Gasteiger partial charge in [0.2, 0.25) is 0 Å². The molecular formula is C7H13F2NO2S. The van der Waals surface area contributed by atoms with Crippen LogP contribution in [-0.2, 0) is 10.0 Å². The lowest BCUT2D eigenvalue weighted by Gasteiger charge is -2.29. The van der Waals surface area contributed by atoms with Gasteiger partial charge in [-0.2, -0.15) is 13.1 Å². The van der Waals surface area contributed by atoms with Crippen molar-refractivity contribution >= 4 is 10.0 Å². The average Bonchev–Trinajstić information content (AvgIpc) is 2.04. The first-order valence-electron chi connectivity index (χ1n) is 4.21. The van der Waals surface area contributed by atoms with Gasteiger partial charge >= 0.3 is 5.76 Å². The maximum Gasteiger partial charge on any atom is 0.350 e. The third-order valence-corrected chi connectivity index (χ3v) is 3.71. The molecule has 3 nitrogen and oxygen atoms in total. The number of halogens is 2.